The van der Waals surface area contributed by atoms with Gasteiger partial charge in [0, 0.05) is 30.1 Å². The molecule has 0 N–H and O–H groups in total. The van der Waals surface area contributed by atoms with Crippen molar-refractivity contribution in [1.82, 2.24) is 0 Å². The number of epoxide rings is 1. The Kier molecular flexibility index (Phi) is 2.40. The van der Waals surface area contributed by atoms with Gasteiger partial charge in [-0.2, -0.15) is 0 Å². The van der Waals surface area contributed by atoms with Crippen molar-refractivity contribution in [2.45, 2.75) is 76.9 Å². The second kappa shape index (κ2) is 3.85. The van der Waals surface area contributed by atoms with Gasteiger partial charge in [0.05, 0.1) is 6.10 Å². The Hall–Kier alpha value is -0.700. The highest BCUT2D eigenvalue weighted by Crippen LogP contribution is 2.75. The fourth-order valence-electron chi connectivity index (χ4n) is 7.28. The fourth-order valence-corrected chi connectivity index (χ4v) is 7.28. The van der Waals surface area contributed by atoms with Gasteiger partial charge in [-0.05, 0) is 49.9 Å². The number of rotatable bonds is 0. The molecule has 5 fully saturated rings. The van der Waals surface area contributed by atoms with Gasteiger partial charge in [-0.15, -0.1) is 0 Å². The summed E-state index contributed by atoms with van der Waals surface area (Å²) in [6.07, 6.45) is 7.88. The Morgan fingerprint density at radius 2 is 1.86 bits per heavy atom. The van der Waals surface area contributed by atoms with Crippen molar-refractivity contribution in [3.05, 3.63) is 0 Å². The van der Waals surface area contributed by atoms with Gasteiger partial charge in [0.2, 0.25) is 0 Å². The predicted molar refractivity (Wildman–Crippen MR) is 81.2 cm³/mol. The van der Waals surface area contributed by atoms with E-state index in [2.05, 4.69) is 13.8 Å². The summed E-state index contributed by atoms with van der Waals surface area (Å²) in [6, 6.07) is 0. The first-order valence-electron chi connectivity index (χ1n) is 9.15. The van der Waals surface area contributed by atoms with Crippen molar-refractivity contribution in [2.24, 2.45) is 28.6 Å². The van der Waals surface area contributed by atoms with E-state index in [4.69, 9.17) is 4.74 Å². The van der Waals surface area contributed by atoms with E-state index in [1.165, 1.54) is 0 Å². The van der Waals surface area contributed by atoms with Crippen LogP contribution in [0.25, 0.3) is 0 Å². The quantitative estimate of drug-likeness (QED) is 0.645. The molecule has 0 aromatic rings. The smallest absolute Gasteiger partial charge is 0.139 e. The number of hydrogen-bond donors (Lipinski definition) is 0. The van der Waals surface area contributed by atoms with Crippen LogP contribution in [0.5, 0.6) is 0 Å². The molecule has 5 aliphatic rings. The van der Waals surface area contributed by atoms with Crippen LogP contribution >= 0.6 is 0 Å². The van der Waals surface area contributed by atoms with Crippen LogP contribution in [0.4, 0.5) is 0 Å². The topological polar surface area (TPSA) is 46.7 Å². The van der Waals surface area contributed by atoms with Gasteiger partial charge in [-0.3, -0.25) is 9.59 Å². The summed E-state index contributed by atoms with van der Waals surface area (Å²) >= 11 is 0. The summed E-state index contributed by atoms with van der Waals surface area (Å²) in [5, 5.41) is 0. The van der Waals surface area contributed by atoms with Gasteiger partial charge >= 0.3 is 0 Å². The maximum Gasteiger partial charge on any atom is 0.139 e. The van der Waals surface area contributed by atoms with Crippen LogP contribution < -0.4 is 0 Å². The number of carbonyl (C=O) groups is 2. The Balaban J connectivity index is 1.57. The Labute approximate surface area is 132 Å². The van der Waals surface area contributed by atoms with Crippen LogP contribution in [0.3, 0.4) is 0 Å². The standard InChI is InChI=1S/C19H26O3/c1-17-10-16-19(22-16)14(13(17)5-6-15(17)21)4-3-11-9-12(20)7-8-18(11,19)2/h11,13-14,16H,3-10H2,1-2H3/t11?,13-,14-,16?,17-,18-,19-/m0/s1. The van der Waals surface area contributed by atoms with E-state index < -0.39 is 0 Å². The molecule has 120 valence electrons. The molecule has 1 aliphatic heterocycles. The second-order valence-electron chi connectivity index (χ2n) is 9.13. The largest absolute Gasteiger partial charge is 0.365 e. The van der Waals surface area contributed by atoms with Crippen molar-refractivity contribution in [2.75, 3.05) is 0 Å². The average Bonchev–Trinajstić information content (AvgIpc) is 3.12. The lowest BCUT2D eigenvalue weighted by molar-refractivity contribution is -0.140. The highest BCUT2D eigenvalue weighted by Gasteiger charge is 2.79. The maximum atomic E-state index is 12.5. The van der Waals surface area contributed by atoms with E-state index in [-0.39, 0.29) is 22.5 Å². The molecule has 1 heterocycles. The number of carbonyl (C=O) groups excluding carboxylic acids is 2. The van der Waals surface area contributed by atoms with E-state index in [0.717, 1.165) is 51.4 Å². The van der Waals surface area contributed by atoms with Gasteiger partial charge in [0.25, 0.3) is 0 Å². The Bertz CT molecular complexity index is 583. The van der Waals surface area contributed by atoms with Gasteiger partial charge < -0.3 is 4.74 Å². The lowest BCUT2D eigenvalue weighted by Gasteiger charge is -2.57. The van der Waals surface area contributed by atoms with Crippen LogP contribution in [0.2, 0.25) is 0 Å². The highest BCUT2D eigenvalue weighted by atomic mass is 16.6. The molecule has 3 heteroatoms. The first-order valence-corrected chi connectivity index (χ1v) is 9.15. The molecule has 2 unspecified atom stereocenters. The molecular formula is C19H26O3. The summed E-state index contributed by atoms with van der Waals surface area (Å²) in [7, 11) is 0. The van der Waals surface area contributed by atoms with Crippen molar-refractivity contribution in [3.63, 3.8) is 0 Å². The zero-order valence-corrected chi connectivity index (χ0v) is 13.7. The predicted octanol–water partition coefficient (Wildman–Crippen LogP) is 3.30. The normalized spacial score (nSPS) is 59.4. The van der Waals surface area contributed by atoms with Crippen LogP contribution in [0.1, 0.15) is 65.2 Å². The lowest BCUT2D eigenvalue weighted by atomic mass is 9.45. The molecule has 0 radical (unpaired) electrons. The first-order chi connectivity index (χ1) is 10.4. The summed E-state index contributed by atoms with van der Waals surface area (Å²) in [4.78, 5) is 24.4. The number of Topliss-reactive ketones (excluding diaryl/α,β-unsaturated/α-hetero) is 2. The number of hydrogen-bond acceptors (Lipinski definition) is 3. The fraction of sp³-hybridized carbons (Fsp3) is 0.895. The number of ether oxygens (including phenoxy) is 1. The molecule has 1 spiro atoms. The lowest BCUT2D eigenvalue weighted by Crippen LogP contribution is -2.60. The Morgan fingerprint density at radius 1 is 1.05 bits per heavy atom. The van der Waals surface area contributed by atoms with E-state index in [1.54, 1.807) is 0 Å². The summed E-state index contributed by atoms with van der Waals surface area (Å²) in [6.45, 7) is 4.60. The van der Waals surface area contributed by atoms with E-state index >= 15 is 0 Å². The average molecular weight is 302 g/mol. The van der Waals surface area contributed by atoms with Gasteiger partial charge in [-0.1, -0.05) is 13.8 Å². The first kappa shape index (κ1) is 13.7. The molecule has 0 amide bonds. The molecule has 4 aliphatic carbocycles. The van der Waals surface area contributed by atoms with Crippen LogP contribution in [0.15, 0.2) is 0 Å². The number of fused-ring (bicyclic) bond motifs is 3. The van der Waals surface area contributed by atoms with Crippen molar-refractivity contribution in [1.29, 1.82) is 0 Å². The summed E-state index contributed by atoms with van der Waals surface area (Å²) in [5.41, 5.74) is 0.0515. The van der Waals surface area contributed by atoms with E-state index in [1.807, 2.05) is 0 Å². The van der Waals surface area contributed by atoms with Crippen molar-refractivity contribution < 1.29 is 14.3 Å². The third-order valence-corrected chi connectivity index (χ3v) is 8.56. The summed E-state index contributed by atoms with van der Waals surface area (Å²) < 4.78 is 6.46. The van der Waals surface area contributed by atoms with Crippen molar-refractivity contribution >= 4 is 11.6 Å². The Morgan fingerprint density at radius 3 is 2.68 bits per heavy atom. The molecule has 5 rings (SSSR count). The molecule has 22 heavy (non-hydrogen) atoms. The monoisotopic (exact) mass is 302 g/mol. The molecule has 0 aromatic carbocycles. The van der Waals surface area contributed by atoms with E-state index in [9.17, 15) is 9.59 Å². The van der Waals surface area contributed by atoms with Crippen LogP contribution in [-0.2, 0) is 14.3 Å². The minimum absolute atomic E-state index is 0.00537. The molecular weight excluding hydrogens is 276 g/mol. The molecule has 7 atom stereocenters. The van der Waals surface area contributed by atoms with Crippen molar-refractivity contribution in [3.8, 4) is 0 Å². The maximum absolute atomic E-state index is 12.5. The van der Waals surface area contributed by atoms with Crippen LogP contribution in [0, 0.1) is 28.6 Å². The zero-order valence-electron chi connectivity index (χ0n) is 13.7. The number of ketones is 2. The SMILES string of the molecule is C[C@]12CCC(=O)CC1CC[C@H]1[C@@H]3CCC(=O)[C@@]3(C)CC3O[C@]312. The third-order valence-electron chi connectivity index (χ3n) is 8.56. The minimum atomic E-state index is -0.122. The summed E-state index contributed by atoms with van der Waals surface area (Å²) in [5.74, 6) is 2.52. The molecule has 3 nitrogen and oxygen atoms in total. The molecule has 0 bridgehead atoms. The highest BCUT2D eigenvalue weighted by molar-refractivity contribution is 5.87. The van der Waals surface area contributed by atoms with Gasteiger partial charge in [0.1, 0.15) is 17.2 Å². The third kappa shape index (κ3) is 1.31. The molecule has 1 saturated heterocycles. The van der Waals surface area contributed by atoms with Gasteiger partial charge in [0.15, 0.2) is 0 Å². The second-order valence-corrected chi connectivity index (χ2v) is 9.13. The molecule has 0 aromatic heterocycles. The van der Waals surface area contributed by atoms with Gasteiger partial charge in [-0.25, -0.2) is 0 Å². The van der Waals surface area contributed by atoms with Crippen LogP contribution in [-0.4, -0.2) is 23.3 Å². The zero-order chi connectivity index (χ0) is 15.3. The molecule has 4 saturated carbocycles. The van der Waals surface area contributed by atoms with E-state index in [0.29, 0.717) is 29.3 Å². The minimum Gasteiger partial charge on any atom is -0.365 e.